The highest BCUT2D eigenvalue weighted by atomic mass is 32.1. The molecule has 0 saturated heterocycles. The molecule has 0 spiro atoms. The normalized spacial score (nSPS) is 12.5. The van der Waals surface area contributed by atoms with Crippen LogP contribution in [-0.2, 0) is 11.3 Å². The van der Waals surface area contributed by atoms with Gasteiger partial charge in [-0.2, -0.15) is 0 Å². The second-order valence-electron chi connectivity index (χ2n) is 7.65. The Morgan fingerprint density at radius 2 is 2.15 bits per heavy atom. The van der Waals surface area contributed by atoms with E-state index in [4.69, 9.17) is 19.2 Å². The summed E-state index contributed by atoms with van der Waals surface area (Å²) >= 11 is 1.48. The summed E-state index contributed by atoms with van der Waals surface area (Å²) in [5, 5.41) is 0.662. The quantitative estimate of drug-likeness (QED) is 0.324. The second-order valence-corrected chi connectivity index (χ2v) is 8.66. The Bertz CT molecular complexity index is 1320. The zero-order valence-corrected chi connectivity index (χ0v) is 19.5. The van der Waals surface area contributed by atoms with E-state index in [1.165, 1.54) is 11.3 Å². The van der Waals surface area contributed by atoms with Crippen LogP contribution in [0.15, 0.2) is 61.2 Å². The maximum atomic E-state index is 13.3. The summed E-state index contributed by atoms with van der Waals surface area (Å²) in [6.07, 6.45) is 9.57. The number of anilines is 1. The van der Waals surface area contributed by atoms with E-state index in [0.29, 0.717) is 29.8 Å². The van der Waals surface area contributed by atoms with Gasteiger partial charge in [0.05, 0.1) is 23.2 Å². The van der Waals surface area contributed by atoms with Crippen LogP contribution in [0.4, 0.5) is 5.13 Å². The van der Waals surface area contributed by atoms with E-state index < -0.39 is 0 Å². The zero-order valence-electron chi connectivity index (χ0n) is 18.7. The summed E-state index contributed by atoms with van der Waals surface area (Å²) in [5.74, 6) is 2.06. The molecule has 2 aromatic heterocycles. The molecule has 0 radical (unpaired) electrons. The smallest absolute Gasteiger partial charge is 0.252 e. The van der Waals surface area contributed by atoms with Gasteiger partial charge in [0.2, 0.25) is 6.79 Å². The predicted octanol–water partition coefficient (Wildman–Crippen LogP) is 4.76. The summed E-state index contributed by atoms with van der Waals surface area (Å²) in [5.41, 5.74) is 1.71. The molecule has 1 aliphatic rings. The zero-order chi connectivity index (χ0) is 23.3. The molecule has 0 N–H and O–H groups in total. The third-order valence-electron chi connectivity index (χ3n) is 5.33. The number of benzene rings is 2. The molecular formula is C25H24N4O4S. The standard InChI is InChI=1S/C25H24N4O4S/c1-2-31-19-6-7-20-23(15-19)34-25(27-20)29(12-3-11-28-13-10-26-16-28)24(30)9-5-18-4-8-21-22(14-18)33-17-32-21/h4-10,13-16H,2-3,11-12,17H2,1H3/b9-5+. The van der Waals surface area contributed by atoms with Gasteiger partial charge < -0.3 is 18.8 Å². The molecule has 9 heteroatoms. The number of rotatable bonds is 9. The van der Waals surface area contributed by atoms with E-state index >= 15 is 0 Å². The molecule has 1 amide bonds. The van der Waals surface area contributed by atoms with Crippen molar-refractivity contribution in [2.24, 2.45) is 0 Å². The topological polar surface area (TPSA) is 78.7 Å². The van der Waals surface area contributed by atoms with Crippen LogP contribution in [0.25, 0.3) is 16.3 Å². The van der Waals surface area contributed by atoms with E-state index in [-0.39, 0.29) is 12.7 Å². The van der Waals surface area contributed by atoms with Crippen LogP contribution in [0, 0.1) is 0 Å². The number of hydrogen-bond donors (Lipinski definition) is 0. The number of aromatic nitrogens is 3. The molecule has 0 bridgehead atoms. The third-order valence-corrected chi connectivity index (χ3v) is 6.37. The molecule has 2 aromatic carbocycles. The van der Waals surface area contributed by atoms with Crippen LogP contribution in [0.1, 0.15) is 18.9 Å². The predicted molar refractivity (Wildman–Crippen MR) is 132 cm³/mol. The molecule has 8 nitrogen and oxygen atoms in total. The first-order valence-electron chi connectivity index (χ1n) is 11.1. The molecule has 0 unspecified atom stereocenters. The maximum absolute atomic E-state index is 13.3. The first-order valence-corrected chi connectivity index (χ1v) is 11.9. The minimum atomic E-state index is -0.132. The number of ether oxygens (including phenoxy) is 3. The number of imidazole rings is 1. The van der Waals surface area contributed by atoms with Gasteiger partial charge in [0.15, 0.2) is 16.6 Å². The van der Waals surface area contributed by atoms with Gasteiger partial charge in [0.1, 0.15) is 5.75 Å². The van der Waals surface area contributed by atoms with Crippen molar-refractivity contribution in [1.29, 1.82) is 0 Å². The Morgan fingerprint density at radius 1 is 1.24 bits per heavy atom. The Hall–Kier alpha value is -3.85. The van der Waals surface area contributed by atoms with Crippen molar-refractivity contribution in [2.45, 2.75) is 19.9 Å². The number of carbonyl (C=O) groups is 1. The highest BCUT2D eigenvalue weighted by Gasteiger charge is 2.18. The Balaban J connectivity index is 1.37. The molecule has 3 heterocycles. The molecule has 1 aliphatic heterocycles. The second kappa shape index (κ2) is 9.96. The van der Waals surface area contributed by atoms with Crippen LogP contribution in [0.2, 0.25) is 0 Å². The lowest BCUT2D eigenvalue weighted by Gasteiger charge is -2.18. The molecule has 0 atom stereocenters. The van der Waals surface area contributed by atoms with Gasteiger partial charge in [0, 0.05) is 31.6 Å². The first-order chi connectivity index (χ1) is 16.7. The SMILES string of the molecule is CCOc1ccc2nc(N(CCCn3ccnc3)C(=O)/C=C/c3ccc4c(c3)OCO4)sc2c1. The van der Waals surface area contributed by atoms with Gasteiger partial charge in [-0.25, -0.2) is 9.97 Å². The van der Waals surface area contributed by atoms with Crippen molar-refractivity contribution in [3.8, 4) is 17.2 Å². The maximum Gasteiger partial charge on any atom is 0.252 e. The van der Waals surface area contributed by atoms with E-state index in [2.05, 4.69) is 4.98 Å². The number of nitrogens with zero attached hydrogens (tertiary/aromatic N) is 4. The molecule has 174 valence electrons. The van der Waals surface area contributed by atoms with Crippen molar-refractivity contribution < 1.29 is 19.0 Å². The largest absolute Gasteiger partial charge is 0.494 e. The summed E-state index contributed by atoms with van der Waals surface area (Å²) in [6, 6.07) is 11.4. The van der Waals surface area contributed by atoms with Crippen molar-refractivity contribution in [2.75, 3.05) is 24.8 Å². The molecule has 5 rings (SSSR count). The van der Waals surface area contributed by atoms with Gasteiger partial charge in [-0.3, -0.25) is 9.69 Å². The van der Waals surface area contributed by atoms with Crippen molar-refractivity contribution in [3.05, 3.63) is 66.8 Å². The van der Waals surface area contributed by atoms with Crippen molar-refractivity contribution >= 4 is 38.7 Å². The number of amides is 1. The minimum absolute atomic E-state index is 0.132. The van der Waals surface area contributed by atoms with E-state index in [1.807, 2.05) is 54.1 Å². The highest BCUT2D eigenvalue weighted by Crippen LogP contribution is 2.34. The lowest BCUT2D eigenvalue weighted by atomic mass is 10.2. The number of thiazole rings is 1. The molecule has 0 saturated carbocycles. The van der Waals surface area contributed by atoms with Crippen LogP contribution in [0.3, 0.4) is 0 Å². The number of carbonyl (C=O) groups excluding carboxylic acids is 1. The van der Waals surface area contributed by atoms with E-state index in [1.54, 1.807) is 29.6 Å². The molecule has 0 aliphatic carbocycles. The molecular weight excluding hydrogens is 452 g/mol. The fourth-order valence-corrected chi connectivity index (χ4v) is 4.69. The Morgan fingerprint density at radius 3 is 3.00 bits per heavy atom. The third kappa shape index (κ3) is 4.89. The van der Waals surface area contributed by atoms with Crippen LogP contribution in [0.5, 0.6) is 17.2 Å². The van der Waals surface area contributed by atoms with Crippen LogP contribution >= 0.6 is 11.3 Å². The van der Waals surface area contributed by atoms with Gasteiger partial charge in [-0.1, -0.05) is 17.4 Å². The molecule has 4 aromatic rings. The summed E-state index contributed by atoms with van der Waals surface area (Å²) < 4.78 is 19.4. The van der Waals surface area contributed by atoms with Gasteiger partial charge >= 0.3 is 0 Å². The fraction of sp³-hybridized carbons (Fsp3) is 0.240. The molecule has 0 fully saturated rings. The van der Waals surface area contributed by atoms with Gasteiger partial charge in [-0.15, -0.1) is 0 Å². The number of hydrogen-bond acceptors (Lipinski definition) is 7. The number of aryl methyl sites for hydroxylation is 1. The van der Waals surface area contributed by atoms with Gasteiger partial charge in [0.25, 0.3) is 5.91 Å². The summed E-state index contributed by atoms with van der Waals surface area (Å²) in [7, 11) is 0. The summed E-state index contributed by atoms with van der Waals surface area (Å²) in [6.45, 7) is 4.06. The minimum Gasteiger partial charge on any atom is -0.494 e. The molecule has 34 heavy (non-hydrogen) atoms. The average molecular weight is 477 g/mol. The van der Waals surface area contributed by atoms with Crippen molar-refractivity contribution in [3.63, 3.8) is 0 Å². The van der Waals surface area contributed by atoms with Gasteiger partial charge in [-0.05, 0) is 55.3 Å². The lowest BCUT2D eigenvalue weighted by molar-refractivity contribution is -0.114. The average Bonchev–Trinajstić information content (AvgIpc) is 3.60. The highest BCUT2D eigenvalue weighted by molar-refractivity contribution is 7.22. The fourth-order valence-electron chi connectivity index (χ4n) is 3.67. The van der Waals surface area contributed by atoms with Crippen molar-refractivity contribution in [1.82, 2.24) is 14.5 Å². The Labute approximate surface area is 201 Å². The van der Waals surface area contributed by atoms with Crippen LogP contribution < -0.4 is 19.1 Å². The van der Waals surface area contributed by atoms with Crippen LogP contribution in [-0.4, -0.2) is 40.4 Å². The summed E-state index contributed by atoms with van der Waals surface area (Å²) in [4.78, 5) is 23.8. The van der Waals surface area contributed by atoms with E-state index in [0.717, 1.165) is 34.5 Å². The lowest BCUT2D eigenvalue weighted by Crippen LogP contribution is -2.30. The Kier molecular flexibility index (Phi) is 6.44. The first kappa shape index (κ1) is 22.0. The number of fused-ring (bicyclic) bond motifs is 2. The monoisotopic (exact) mass is 476 g/mol. The van der Waals surface area contributed by atoms with E-state index in [9.17, 15) is 4.79 Å².